The number of rotatable bonds is 6. The van der Waals surface area contributed by atoms with Crippen molar-refractivity contribution in [1.82, 2.24) is 10.4 Å². The quantitative estimate of drug-likeness (QED) is 0.260. The standard InChI is InChI=1S/C20H14Br2ClN3O2/c21-15-5-3-13(4-6-15)12-28-18-8-7-16(22)10-14(18)11-25-26-20(27)17-2-1-9-24-19(17)23/h1-11H,12H2,(H,26,27). The Morgan fingerprint density at radius 3 is 2.64 bits per heavy atom. The number of carbonyl (C=O) groups is 1. The van der Waals surface area contributed by atoms with Crippen molar-refractivity contribution >= 4 is 55.6 Å². The number of hydrogen-bond donors (Lipinski definition) is 1. The lowest BCUT2D eigenvalue weighted by molar-refractivity contribution is 0.0955. The van der Waals surface area contributed by atoms with Crippen LogP contribution in [0.5, 0.6) is 5.75 Å². The summed E-state index contributed by atoms with van der Waals surface area (Å²) in [6, 6.07) is 16.7. The normalized spacial score (nSPS) is 10.8. The van der Waals surface area contributed by atoms with E-state index in [0.717, 1.165) is 14.5 Å². The monoisotopic (exact) mass is 521 g/mol. The minimum absolute atomic E-state index is 0.121. The predicted octanol–water partition coefficient (Wildman–Crippen LogP) is 5.60. The van der Waals surface area contributed by atoms with Crippen LogP contribution in [0, 0.1) is 0 Å². The Balaban J connectivity index is 1.69. The van der Waals surface area contributed by atoms with Crippen molar-refractivity contribution in [1.29, 1.82) is 0 Å². The van der Waals surface area contributed by atoms with Gasteiger partial charge in [0.15, 0.2) is 0 Å². The maximum Gasteiger partial charge on any atom is 0.274 e. The average Bonchev–Trinajstić information content (AvgIpc) is 2.69. The first-order valence-electron chi connectivity index (χ1n) is 8.13. The lowest BCUT2D eigenvalue weighted by atomic mass is 10.2. The fourth-order valence-corrected chi connectivity index (χ4v) is 3.12. The molecule has 1 heterocycles. The zero-order chi connectivity index (χ0) is 19.9. The number of pyridine rings is 1. The van der Waals surface area contributed by atoms with E-state index in [-0.39, 0.29) is 10.7 Å². The molecule has 0 spiro atoms. The molecule has 0 atom stereocenters. The fourth-order valence-electron chi connectivity index (χ4n) is 2.27. The molecule has 2 aromatic carbocycles. The molecule has 3 rings (SSSR count). The SMILES string of the molecule is O=C(NN=Cc1cc(Br)ccc1OCc1ccc(Br)cc1)c1cccnc1Cl. The number of nitrogens with zero attached hydrogens (tertiary/aromatic N) is 2. The smallest absolute Gasteiger partial charge is 0.274 e. The number of hydrogen-bond acceptors (Lipinski definition) is 4. The van der Waals surface area contributed by atoms with Crippen LogP contribution in [0.2, 0.25) is 5.15 Å². The molecule has 1 amide bonds. The van der Waals surface area contributed by atoms with Crippen LogP contribution < -0.4 is 10.2 Å². The van der Waals surface area contributed by atoms with E-state index < -0.39 is 5.91 Å². The second-order valence-electron chi connectivity index (χ2n) is 5.64. The lowest BCUT2D eigenvalue weighted by Crippen LogP contribution is -2.18. The summed E-state index contributed by atoms with van der Waals surface area (Å²) in [5.41, 5.74) is 4.44. The third kappa shape index (κ3) is 5.64. The molecule has 0 fully saturated rings. The fraction of sp³-hybridized carbons (Fsp3) is 0.0500. The number of hydrazone groups is 1. The molecule has 3 aromatic rings. The highest BCUT2D eigenvalue weighted by atomic mass is 79.9. The number of carbonyl (C=O) groups excluding carboxylic acids is 1. The Labute approximate surface area is 184 Å². The van der Waals surface area contributed by atoms with Crippen LogP contribution in [0.25, 0.3) is 0 Å². The van der Waals surface area contributed by atoms with E-state index in [1.807, 2.05) is 42.5 Å². The van der Waals surface area contributed by atoms with Crippen LogP contribution in [0.15, 0.2) is 74.8 Å². The molecule has 28 heavy (non-hydrogen) atoms. The Hall–Kier alpha value is -2.22. The highest BCUT2D eigenvalue weighted by molar-refractivity contribution is 9.10. The first-order chi connectivity index (χ1) is 13.5. The minimum Gasteiger partial charge on any atom is -0.488 e. The lowest BCUT2D eigenvalue weighted by Gasteiger charge is -2.10. The van der Waals surface area contributed by atoms with Crippen molar-refractivity contribution in [3.8, 4) is 5.75 Å². The van der Waals surface area contributed by atoms with Gasteiger partial charge in [0.25, 0.3) is 5.91 Å². The molecule has 0 saturated carbocycles. The Morgan fingerprint density at radius 2 is 1.89 bits per heavy atom. The molecule has 0 radical (unpaired) electrons. The average molecular weight is 524 g/mol. The topological polar surface area (TPSA) is 63.6 Å². The van der Waals surface area contributed by atoms with Gasteiger partial charge in [-0.15, -0.1) is 0 Å². The van der Waals surface area contributed by atoms with Crippen LogP contribution in [-0.4, -0.2) is 17.1 Å². The van der Waals surface area contributed by atoms with Crippen molar-refractivity contribution in [2.75, 3.05) is 0 Å². The second kappa shape index (κ2) is 9.82. The second-order valence-corrected chi connectivity index (χ2v) is 7.83. The number of benzene rings is 2. The van der Waals surface area contributed by atoms with E-state index >= 15 is 0 Å². The summed E-state index contributed by atoms with van der Waals surface area (Å²) < 4.78 is 7.79. The molecule has 0 bridgehead atoms. The van der Waals surface area contributed by atoms with E-state index in [0.29, 0.717) is 17.9 Å². The van der Waals surface area contributed by atoms with Crippen LogP contribution in [0.3, 0.4) is 0 Å². The van der Waals surface area contributed by atoms with Gasteiger partial charge in [-0.1, -0.05) is 55.6 Å². The Bertz CT molecular complexity index is 1010. The molecule has 8 heteroatoms. The summed E-state index contributed by atoms with van der Waals surface area (Å²) in [6.45, 7) is 0.410. The van der Waals surface area contributed by atoms with Crippen molar-refractivity contribution < 1.29 is 9.53 Å². The van der Waals surface area contributed by atoms with Crippen LogP contribution in [-0.2, 0) is 6.61 Å². The molecular weight excluding hydrogens is 510 g/mol. The van der Waals surface area contributed by atoms with Gasteiger partial charge in [0.1, 0.15) is 17.5 Å². The molecule has 0 aliphatic carbocycles. The highest BCUT2D eigenvalue weighted by Crippen LogP contribution is 2.23. The summed E-state index contributed by atoms with van der Waals surface area (Å²) in [4.78, 5) is 16.0. The number of nitrogens with one attached hydrogen (secondary N) is 1. The van der Waals surface area contributed by atoms with E-state index in [9.17, 15) is 4.79 Å². The first kappa shape index (κ1) is 20.5. The zero-order valence-corrected chi connectivity index (χ0v) is 18.3. The van der Waals surface area contributed by atoms with Crippen LogP contribution in [0.4, 0.5) is 0 Å². The zero-order valence-electron chi connectivity index (χ0n) is 14.4. The molecule has 1 aromatic heterocycles. The van der Waals surface area contributed by atoms with Gasteiger partial charge < -0.3 is 4.74 Å². The third-order valence-corrected chi connectivity index (χ3v) is 4.98. The number of halogens is 3. The predicted molar refractivity (Wildman–Crippen MR) is 117 cm³/mol. The first-order valence-corrected chi connectivity index (χ1v) is 10.1. The van der Waals surface area contributed by atoms with E-state index in [2.05, 4.69) is 47.4 Å². The van der Waals surface area contributed by atoms with Crippen molar-refractivity contribution in [3.05, 3.63) is 91.6 Å². The molecule has 0 saturated heterocycles. The van der Waals surface area contributed by atoms with Crippen molar-refractivity contribution in [2.45, 2.75) is 6.61 Å². The molecule has 5 nitrogen and oxygen atoms in total. The molecule has 1 N–H and O–H groups in total. The Morgan fingerprint density at radius 1 is 1.14 bits per heavy atom. The van der Waals surface area contributed by atoms with E-state index in [1.165, 1.54) is 12.4 Å². The van der Waals surface area contributed by atoms with Gasteiger partial charge in [-0.3, -0.25) is 4.79 Å². The van der Waals surface area contributed by atoms with Gasteiger partial charge in [0.05, 0.1) is 11.8 Å². The van der Waals surface area contributed by atoms with Crippen LogP contribution in [0.1, 0.15) is 21.5 Å². The maximum absolute atomic E-state index is 12.2. The van der Waals surface area contributed by atoms with Gasteiger partial charge in [-0.2, -0.15) is 5.10 Å². The summed E-state index contributed by atoms with van der Waals surface area (Å²) in [5, 5.41) is 4.13. The summed E-state index contributed by atoms with van der Waals surface area (Å²) >= 11 is 12.8. The van der Waals surface area contributed by atoms with E-state index in [1.54, 1.807) is 12.1 Å². The summed E-state index contributed by atoms with van der Waals surface area (Å²) in [7, 11) is 0. The minimum atomic E-state index is -0.443. The molecule has 142 valence electrons. The van der Waals surface area contributed by atoms with Crippen LogP contribution >= 0.6 is 43.5 Å². The van der Waals surface area contributed by atoms with E-state index in [4.69, 9.17) is 16.3 Å². The summed E-state index contributed by atoms with van der Waals surface area (Å²) in [6.07, 6.45) is 3.03. The van der Waals surface area contributed by atoms with Gasteiger partial charge in [0, 0.05) is 20.7 Å². The number of ether oxygens (including phenoxy) is 1. The van der Waals surface area contributed by atoms with Gasteiger partial charge in [-0.25, -0.2) is 10.4 Å². The largest absolute Gasteiger partial charge is 0.488 e. The molecule has 0 unspecified atom stereocenters. The Kier molecular flexibility index (Phi) is 7.19. The van der Waals surface area contributed by atoms with Gasteiger partial charge in [0.2, 0.25) is 0 Å². The molecular formula is C20H14Br2ClN3O2. The van der Waals surface area contributed by atoms with Gasteiger partial charge >= 0.3 is 0 Å². The highest BCUT2D eigenvalue weighted by Gasteiger charge is 2.09. The van der Waals surface area contributed by atoms with Crippen molar-refractivity contribution in [3.63, 3.8) is 0 Å². The van der Waals surface area contributed by atoms with Crippen molar-refractivity contribution in [2.24, 2.45) is 5.10 Å². The summed E-state index contributed by atoms with van der Waals surface area (Å²) in [5.74, 6) is 0.199. The maximum atomic E-state index is 12.2. The number of aromatic nitrogens is 1. The van der Waals surface area contributed by atoms with Gasteiger partial charge in [-0.05, 0) is 48.0 Å². The molecule has 0 aliphatic rings. The molecule has 0 aliphatic heterocycles. The third-order valence-electron chi connectivity index (χ3n) is 3.65. The number of amides is 1.